The van der Waals surface area contributed by atoms with Crippen LogP contribution in [0.5, 0.6) is 0 Å². The van der Waals surface area contributed by atoms with Crippen molar-refractivity contribution < 1.29 is 9.59 Å². The van der Waals surface area contributed by atoms with Crippen LogP contribution in [0, 0.1) is 0 Å². The lowest BCUT2D eigenvalue weighted by atomic mass is 10.1. The SMILES string of the molecule is O=C(NCCN1CCCCC1)c1cccc(NC(=O)c2nnc(C3CC3)s2)c1. The lowest BCUT2D eigenvalue weighted by Crippen LogP contribution is -2.37. The zero-order valence-corrected chi connectivity index (χ0v) is 16.6. The van der Waals surface area contributed by atoms with Crippen LogP contribution in [0.4, 0.5) is 5.69 Å². The monoisotopic (exact) mass is 399 g/mol. The average molecular weight is 400 g/mol. The van der Waals surface area contributed by atoms with E-state index >= 15 is 0 Å². The van der Waals surface area contributed by atoms with Crippen molar-refractivity contribution in [3.05, 3.63) is 39.8 Å². The van der Waals surface area contributed by atoms with E-state index in [1.165, 1.54) is 30.6 Å². The van der Waals surface area contributed by atoms with Crippen molar-refractivity contribution >= 4 is 28.8 Å². The van der Waals surface area contributed by atoms with Gasteiger partial charge in [-0.2, -0.15) is 0 Å². The Morgan fingerprint density at radius 3 is 2.71 bits per heavy atom. The number of benzene rings is 1. The predicted octanol–water partition coefficient (Wildman–Crippen LogP) is 2.88. The fraction of sp³-hybridized carbons (Fsp3) is 0.500. The van der Waals surface area contributed by atoms with Crippen LogP contribution in [0.1, 0.15) is 63.2 Å². The van der Waals surface area contributed by atoms with Crippen LogP contribution in [-0.2, 0) is 0 Å². The van der Waals surface area contributed by atoms with E-state index in [9.17, 15) is 9.59 Å². The van der Waals surface area contributed by atoms with Gasteiger partial charge in [0.1, 0.15) is 5.01 Å². The fourth-order valence-corrected chi connectivity index (χ4v) is 4.26. The largest absolute Gasteiger partial charge is 0.351 e. The smallest absolute Gasteiger partial charge is 0.286 e. The Bertz CT molecular complexity index is 843. The molecule has 1 aliphatic heterocycles. The molecule has 7 nitrogen and oxygen atoms in total. The number of piperidine rings is 1. The van der Waals surface area contributed by atoms with Gasteiger partial charge in [0.25, 0.3) is 11.8 Å². The maximum atomic E-state index is 12.4. The number of amides is 2. The van der Waals surface area contributed by atoms with Crippen molar-refractivity contribution in [3.63, 3.8) is 0 Å². The molecule has 0 atom stereocenters. The van der Waals surface area contributed by atoms with Gasteiger partial charge in [-0.05, 0) is 57.0 Å². The van der Waals surface area contributed by atoms with Crippen LogP contribution in [0.3, 0.4) is 0 Å². The highest BCUT2D eigenvalue weighted by atomic mass is 32.1. The van der Waals surface area contributed by atoms with Crippen LogP contribution in [-0.4, -0.2) is 53.1 Å². The molecule has 1 aromatic carbocycles. The van der Waals surface area contributed by atoms with Crippen LogP contribution in [0.25, 0.3) is 0 Å². The first-order chi connectivity index (χ1) is 13.7. The van der Waals surface area contributed by atoms with Crippen LogP contribution < -0.4 is 10.6 Å². The number of hydrogen-bond acceptors (Lipinski definition) is 6. The second kappa shape index (κ2) is 8.79. The molecular formula is C20H25N5O2S. The number of carbonyl (C=O) groups excluding carboxylic acids is 2. The molecule has 2 aromatic rings. The second-order valence-corrected chi connectivity index (χ2v) is 8.42. The molecule has 28 heavy (non-hydrogen) atoms. The van der Waals surface area contributed by atoms with Crippen molar-refractivity contribution in [1.29, 1.82) is 0 Å². The molecule has 1 aromatic heterocycles. The van der Waals surface area contributed by atoms with Crippen molar-refractivity contribution in [1.82, 2.24) is 20.4 Å². The molecule has 2 heterocycles. The molecule has 1 saturated carbocycles. The zero-order chi connectivity index (χ0) is 19.3. The van der Waals surface area contributed by atoms with Gasteiger partial charge < -0.3 is 15.5 Å². The normalized spacial score (nSPS) is 17.3. The summed E-state index contributed by atoms with van der Waals surface area (Å²) in [5, 5.41) is 15.2. The third-order valence-electron chi connectivity index (χ3n) is 5.11. The van der Waals surface area contributed by atoms with Crippen molar-refractivity contribution in [2.75, 3.05) is 31.5 Å². The Balaban J connectivity index is 1.30. The Kier molecular flexibility index (Phi) is 5.97. The van der Waals surface area contributed by atoms with Crippen molar-refractivity contribution in [3.8, 4) is 0 Å². The number of nitrogens with one attached hydrogen (secondary N) is 2. The minimum Gasteiger partial charge on any atom is -0.351 e. The summed E-state index contributed by atoms with van der Waals surface area (Å²) in [6.45, 7) is 3.74. The highest BCUT2D eigenvalue weighted by Crippen LogP contribution is 2.41. The molecule has 0 bridgehead atoms. The van der Waals surface area contributed by atoms with Gasteiger partial charge in [0.2, 0.25) is 5.01 Å². The fourth-order valence-electron chi connectivity index (χ4n) is 3.36. The van der Waals surface area contributed by atoms with Gasteiger partial charge in [-0.25, -0.2) is 0 Å². The topological polar surface area (TPSA) is 87.2 Å². The number of carbonyl (C=O) groups is 2. The standard InChI is InChI=1S/C20H25N5O2S/c26-17(21-9-12-25-10-2-1-3-11-25)15-5-4-6-16(13-15)22-18(27)20-24-23-19(28-20)14-7-8-14/h4-6,13-14H,1-3,7-12H2,(H,21,26)(H,22,27). The zero-order valence-electron chi connectivity index (χ0n) is 15.8. The number of anilines is 1. The quantitative estimate of drug-likeness (QED) is 0.748. The summed E-state index contributed by atoms with van der Waals surface area (Å²) in [6.07, 6.45) is 6.05. The second-order valence-electron chi connectivity index (χ2n) is 7.41. The van der Waals surface area contributed by atoms with E-state index in [1.807, 2.05) is 0 Å². The molecule has 2 fully saturated rings. The van der Waals surface area contributed by atoms with E-state index in [4.69, 9.17) is 0 Å². The first-order valence-corrected chi connectivity index (χ1v) is 10.8. The van der Waals surface area contributed by atoms with E-state index in [2.05, 4.69) is 25.7 Å². The van der Waals surface area contributed by atoms with Gasteiger partial charge >= 0.3 is 0 Å². The number of aromatic nitrogens is 2. The molecular weight excluding hydrogens is 374 g/mol. The van der Waals surface area contributed by atoms with Gasteiger partial charge in [0.05, 0.1) is 0 Å². The van der Waals surface area contributed by atoms with E-state index in [-0.39, 0.29) is 11.8 Å². The third-order valence-corrected chi connectivity index (χ3v) is 6.19. The number of likely N-dealkylation sites (tertiary alicyclic amines) is 1. The molecule has 1 saturated heterocycles. The van der Waals surface area contributed by atoms with Gasteiger partial charge in [-0.3, -0.25) is 9.59 Å². The van der Waals surface area contributed by atoms with Gasteiger partial charge in [0, 0.05) is 30.3 Å². The van der Waals surface area contributed by atoms with Crippen LogP contribution in [0.2, 0.25) is 0 Å². The average Bonchev–Trinajstić information content (AvgIpc) is 3.45. The summed E-state index contributed by atoms with van der Waals surface area (Å²) >= 11 is 1.35. The summed E-state index contributed by atoms with van der Waals surface area (Å²) in [6, 6.07) is 6.98. The van der Waals surface area contributed by atoms with E-state index in [1.54, 1.807) is 24.3 Å². The van der Waals surface area contributed by atoms with E-state index in [0.29, 0.717) is 28.7 Å². The van der Waals surface area contributed by atoms with Gasteiger partial charge in [-0.1, -0.05) is 23.8 Å². The molecule has 1 aliphatic carbocycles. The Labute approximate surface area is 168 Å². The summed E-state index contributed by atoms with van der Waals surface area (Å²) in [5.41, 5.74) is 1.12. The summed E-state index contributed by atoms with van der Waals surface area (Å²) in [4.78, 5) is 27.2. The molecule has 2 aliphatic rings. The number of nitrogens with zero attached hydrogens (tertiary/aromatic N) is 3. The van der Waals surface area contributed by atoms with E-state index < -0.39 is 0 Å². The molecule has 8 heteroatoms. The lowest BCUT2D eigenvalue weighted by molar-refractivity contribution is 0.0945. The number of hydrogen-bond donors (Lipinski definition) is 2. The van der Waals surface area contributed by atoms with Crippen LogP contribution >= 0.6 is 11.3 Å². The summed E-state index contributed by atoms with van der Waals surface area (Å²) in [5.74, 6) is 0.0723. The Morgan fingerprint density at radius 2 is 1.93 bits per heavy atom. The first kappa shape index (κ1) is 19.0. The molecule has 0 unspecified atom stereocenters. The molecule has 0 radical (unpaired) electrons. The molecule has 2 amide bonds. The lowest BCUT2D eigenvalue weighted by Gasteiger charge is -2.26. The number of rotatable bonds is 7. The van der Waals surface area contributed by atoms with Crippen molar-refractivity contribution in [2.24, 2.45) is 0 Å². The van der Waals surface area contributed by atoms with Crippen LogP contribution in [0.15, 0.2) is 24.3 Å². The van der Waals surface area contributed by atoms with Gasteiger partial charge in [0.15, 0.2) is 0 Å². The third kappa shape index (κ3) is 4.94. The summed E-state index contributed by atoms with van der Waals surface area (Å²) < 4.78 is 0. The van der Waals surface area contributed by atoms with Gasteiger partial charge in [-0.15, -0.1) is 10.2 Å². The predicted molar refractivity (Wildman–Crippen MR) is 109 cm³/mol. The molecule has 2 N–H and O–H groups in total. The maximum Gasteiger partial charge on any atom is 0.286 e. The Morgan fingerprint density at radius 1 is 1.11 bits per heavy atom. The highest BCUT2D eigenvalue weighted by Gasteiger charge is 2.28. The minimum atomic E-state index is -0.285. The van der Waals surface area contributed by atoms with Crippen molar-refractivity contribution in [2.45, 2.75) is 38.0 Å². The van der Waals surface area contributed by atoms with E-state index in [0.717, 1.165) is 37.5 Å². The highest BCUT2D eigenvalue weighted by molar-refractivity contribution is 7.13. The maximum absolute atomic E-state index is 12.4. The molecule has 148 valence electrons. The molecule has 0 spiro atoms. The minimum absolute atomic E-state index is 0.125. The first-order valence-electron chi connectivity index (χ1n) is 9.94. The molecule has 4 rings (SSSR count). The Hall–Kier alpha value is -2.32. The summed E-state index contributed by atoms with van der Waals surface area (Å²) in [7, 11) is 0.